The molecule has 1 unspecified atom stereocenters. The van der Waals surface area contributed by atoms with Crippen LogP contribution in [0.2, 0.25) is 0 Å². The van der Waals surface area contributed by atoms with Gasteiger partial charge in [-0.05, 0) is 30.1 Å². The summed E-state index contributed by atoms with van der Waals surface area (Å²) in [6, 6.07) is 9.70. The molecule has 1 aromatic rings. The van der Waals surface area contributed by atoms with Crippen molar-refractivity contribution in [2.24, 2.45) is 5.92 Å². The highest BCUT2D eigenvalue weighted by molar-refractivity contribution is 9.12. The van der Waals surface area contributed by atoms with Crippen molar-refractivity contribution in [2.75, 3.05) is 0 Å². The van der Waals surface area contributed by atoms with Crippen LogP contribution in [0.5, 0.6) is 0 Å². The average Bonchev–Trinajstić information content (AvgIpc) is 2.51. The lowest BCUT2D eigenvalue weighted by Crippen LogP contribution is -2.02. The molecule has 0 aromatic heterocycles. The highest BCUT2D eigenvalue weighted by Gasteiger charge is 2.09. The second kappa shape index (κ2) is 9.54. The van der Waals surface area contributed by atoms with Crippen LogP contribution in [0.15, 0.2) is 64.7 Å². The molecule has 0 amide bonds. The molecule has 1 aliphatic rings. The van der Waals surface area contributed by atoms with Gasteiger partial charge in [-0.3, -0.25) is 0 Å². The first-order valence-corrected chi connectivity index (χ1v) is 8.33. The second-order valence-corrected chi connectivity index (χ2v) is 6.30. The van der Waals surface area contributed by atoms with Gasteiger partial charge in [0.1, 0.15) is 0 Å². The predicted molar refractivity (Wildman–Crippen MR) is 98.5 cm³/mol. The molecule has 1 aromatic carbocycles. The first kappa shape index (κ1) is 18.6. The molecular formula is C19H24BrNO. The van der Waals surface area contributed by atoms with E-state index in [-0.39, 0.29) is 6.10 Å². The number of halogens is 1. The van der Waals surface area contributed by atoms with Crippen molar-refractivity contribution >= 4 is 21.6 Å². The summed E-state index contributed by atoms with van der Waals surface area (Å²) in [7, 11) is 0. The van der Waals surface area contributed by atoms with E-state index in [0.29, 0.717) is 11.6 Å². The molecule has 22 heavy (non-hydrogen) atoms. The number of hydrogen-bond acceptors (Lipinski definition) is 2. The second-order valence-electron chi connectivity index (χ2n) is 5.45. The molecule has 0 spiro atoms. The van der Waals surface area contributed by atoms with Crippen molar-refractivity contribution in [3.8, 4) is 0 Å². The van der Waals surface area contributed by atoms with Gasteiger partial charge >= 0.3 is 0 Å². The van der Waals surface area contributed by atoms with Gasteiger partial charge in [0.2, 0.25) is 0 Å². The van der Waals surface area contributed by atoms with Crippen LogP contribution in [-0.4, -0.2) is 10.8 Å². The Bertz CT molecular complexity index is 570. The smallest absolute Gasteiger partial charge is 0.0787 e. The average molecular weight is 362 g/mol. The summed E-state index contributed by atoms with van der Waals surface area (Å²) in [6.45, 7) is 6.19. The minimum atomic E-state index is -0.291. The molecule has 0 heterocycles. The number of rotatable bonds is 3. The highest BCUT2D eigenvalue weighted by Crippen LogP contribution is 2.23. The van der Waals surface area contributed by atoms with Crippen LogP contribution in [-0.2, 0) is 0 Å². The molecule has 0 bridgehead atoms. The van der Waals surface area contributed by atoms with Gasteiger partial charge in [0.25, 0.3) is 0 Å². The van der Waals surface area contributed by atoms with Gasteiger partial charge in [-0.1, -0.05) is 79.2 Å². The van der Waals surface area contributed by atoms with Gasteiger partial charge in [0.15, 0.2) is 0 Å². The summed E-state index contributed by atoms with van der Waals surface area (Å²) in [6.07, 6.45) is 8.23. The Balaban J connectivity index is 0.000000224. The number of hydrogen-bond donors (Lipinski definition) is 2. The summed E-state index contributed by atoms with van der Waals surface area (Å²) < 4.78 is 1.00. The van der Waals surface area contributed by atoms with Gasteiger partial charge in [-0.15, -0.1) is 0 Å². The van der Waals surface area contributed by atoms with Crippen molar-refractivity contribution in [3.05, 3.63) is 70.3 Å². The third-order valence-electron chi connectivity index (χ3n) is 3.12. The molecule has 3 heteroatoms. The fraction of sp³-hybridized carbons (Fsp3) is 0.316. The van der Waals surface area contributed by atoms with Gasteiger partial charge in [-0.2, -0.15) is 0 Å². The highest BCUT2D eigenvalue weighted by atomic mass is 79.9. The molecule has 1 atom stereocenters. The van der Waals surface area contributed by atoms with Crippen LogP contribution in [0.1, 0.15) is 38.9 Å². The zero-order chi connectivity index (χ0) is 16.5. The minimum Gasteiger partial charge on any atom is -0.388 e. The number of nitrogens with one attached hydrogen (secondary N) is 1. The number of aliphatic hydroxyl groups excluding tert-OH is 1. The molecule has 2 nitrogen and oxygen atoms in total. The summed E-state index contributed by atoms with van der Waals surface area (Å²) in [5, 5.41) is 17.0. The van der Waals surface area contributed by atoms with Crippen LogP contribution >= 0.6 is 15.9 Å². The third kappa shape index (κ3) is 6.12. The fourth-order valence-electron chi connectivity index (χ4n) is 1.95. The summed E-state index contributed by atoms with van der Waals surface area (Å²) in [4.78, 5) is 0. The fourth-order valence-corrected chi connectivity index (χ4v) is 2.45. The Morgan fingerprint density at radius 2 is 1.86 bits per heavy atom. The van der Waals surface area contributed by atoms with E-state index in [1.807, 2.05) is 49.4 Å². The van der Waals surface area contributed by atoms with Crippen molar-refractivity contribution in [2.45, 2.75) is 33.3 Å². The van der Waals surface area contributed by atoms with Gasteiger partial charge in [0, 0.05) is 10.1 Å². The van der Waals surface area contributed by atoms with Crippen LogP contribution < -0.4 is 0 Å². The Labute approximate surface area is 141 Å². The van der Waals surface area contributed by atoms with Crippen molar-refractivity contribution in [3.63, 3.8) is 0 Å². The molecule has 0 aliphatic heterocycles. The molecule has 0 saturated heterocycles. The van der Waals surface area contributed by atoms with Crippen LogP contribution in [0.25, 0.3) is 0 Å². The first-order valence-electron chi connectivity index (χ1n) is 7.53. The lowest BCUT2D eigenvalue weighted by molar-refractivity contribution is 0.173. The largest absolute Gasteiger partial charge is 0.388 e. The van der Waals surface area contributed by atoms with Crippen molar-refractivity contribution < 1.29 is 5.11 Å². The van der Waals surface area contributed by atoms with Gasteiger partial charge in [0.05, 0.1) is 11.8 Å². The quantitative estimate of drug-likeness (QED) is 0.726. The summed E-state index contributed by atoms with van der Waals surface area (Å²) in [5.74, 6) is 0.479. The topological polar surface area (TPSA) is 44.1 Å². The van der Waals surface area contributed by atoms with Crippen molar-refractivity contribution in [1.29, 1.82) is 5.41 Å². The zero-order valence-corrected chi connectivity index (χ0v) is 15.0. The normalized spacial score (nSPS) is 17.1. The summed E-state index contributed by atoms with van der Waals surface area (Å²) >= 11 is 3.42. The number of aliphatic hydroxyl groups is 1. The Hall–Kier alpha value is -1.45. The van der Waals surface area contributed by atoms with Gasteiger partial charge in [-0.25, -0.2) is 0 Å². The molecule has 2 rings (SSSR count). The van der Waals surface area contributed by atoms with E-state index >= 15 is 0 Å². The third-order valence-corrected chi connectivity index (χ3v) is 3.82. The maximum absolute atomic E-state index is 9.33. The van der Waals surface area contributed by atoms with E-state index in [0.717, 1.165) is 22.0 Å². The van der Waals surface area contributed by atoms with Gasteiger partial charge < -0.3 is 10.5 Å². The molecule has 118 valence electrons. The number of allylic oxidation sites excluding steroid dienone is 6. The predicted octanol–water partition coefficient (Wildman–Crippen LogP) is 5.57. The molecule has 0 radical (unpaired) electrons. The van der Waals surface area contributed by atoms with E-state index < -0.39 is 0 Å². The molecule has 1 aliphatic carbocycles. The van der Waals surface area contributed by atoms with E-state index in [4.69, 9.17) is 5.41 Å². The monoisotopic (exact) mass is 361 g/mol. The van der Waals surface area contributed by atoms with E-state index in [9.17, 15) is 5.11 Å². The van der Waals surface area contributed by atoms with Crippen LogP contribution in [0, 0.1) is 11.3 Å². The Morgan fingerprint density at radius 1 is 1.23 bits per heavy atom. The molecular weight excluding hydrogens is 338 g/mol. The SMILES string of the molecule is CC(C)/C=C1\C(=N)C=CC=C1Br.CCC(O)c1ccccc1. The minimum absolute atomic E-state index is 0.291. The maximum Gasteiger partial charge on any atom is 0.0787 e. The lowest BCUT2D eigenvalue weighted by Gasteiger charge is -2.09. The lowest BCUT2D eigenvalue weighted by atomic mass is 10.0. The van der Waals surface area contributed by atoms with Crippen molar-refractivity contribution in [1.82, 2.24) is 0 Å². The van der Waals surface area contributed by atoms with Crippen LogP contribution in [0.4, 0.5) is 0 Å². The Kier molecular flexibility index (Phi) is 8.07. The molecule has 0 saturated carbocycles. The van der Waals surface area contributed by atoms with Crippen LogP contribution in [0.3, 0.4) is 0 Å². The standard InChI is InChI=1S/C10H12BrN.C9H12O/c1-7(2)6-8-9(11)4-3-5-10(8)12;1-2-9(10)8-6-4-3-5-7-8/h3-7,12H,1-2H3;3-7,9-10H,2H2,1H3/b8-6-,12-10?;. The molecule has 2 N–H and O–H groups in total. The summed E-state index contributed by atoms with van der Waals surface area (Å²) in [5.41, 5.74) is 2.58. The molecule has 0 fully saturated rings. The van der Waals surface area contributed by atoms with E-state index in [1.165, 1.54) is 0 Å². The first-order chi connectivity index (χ1) is 10.5. The van der Waals surface area contributed by atoms with E-state index in [1.54, 1.807) is 6.08 Å². The zero-order valence-electron chi connectivity index (χ0n) is 13.4. The Morgan fingerprint density at radius 3 is 2.36 bits per heavy atom. The van der Waals surface area contributed by atoms with E-state index in [2.05, 4.69) is 35.9 Å². The maximum atomic E-state index is 9.33. The number of benzene rings is 1.